The zero-order chi connectivity index (χ0) is 15.8. The lowest BCUT2D eigenvalue weighted by Crippen LogP contribution is -2.37. The highest BCUT2D eigenvalue weighted by atomic mass is 16.5. The SMILES string of the molecule is COc1cc(C=O)ccc1C(=O)CNCCN1CCCCC1. The molecule has 1 fully saturated rings. The second-order valence-electron chi connectivity index (χ2n) is 5.58. The Balaban J connectivity index is 1.80. The van der Waals surface area contributed by atoms with E-state index >= 15 is 0 Å². The van der Waals surface area contributed by atoms with E-state index < -0.39 is 0 Å². The van der Waals surface area contributed by atoms with Gasteiger partial charge in [0.1, 0.15) is 12.0 Å². The second kappa shape index (κ2) is 8.66. The van der Waals surface area contributed by atoms with Crippen LogP contribution in [0.3, 0.4) is 0 Å². The summed E-state index contributed by atoms with van der Waals surface area (Å²) in [5.74, 6) is 0.431. The predicted molar refractivity (Wildman–Crippen MR) is 85.9 cm³/mol. The molecule has 0 bridgehead atoms. The number of ether oxygens (including phenoxy) is 1. The number of ketones is 1. The number of aldehydes is 1. The second-order valence-corrected chi connectivity index (χ2v) is 5.58. The molecule has 0 amide bonds. The molecule has 1 saturated heterocycles. The van der Waals surface area contributed by atoms with E-state index in [1.165, 1.54) is 26.4 Å². The molecular weight excluding hydrogens is 280 g/mol. The summed E-state index contributed by atoms with van der Waals surface area (Å²) >= 11 is 0. The minimum Gasteiger partial charge on any atom is -0.496 e. The minimum atomic E-state index is -0.0204. The van der Waals surface area contributed by atoms with E-state index in [4.69, 9.17) is 4.74 Å². The molecule has 0 aromatic heterocycles. The Morgan fingerprint density at radius 3 is 2.77 bits per heavy atom. The lowest BCUT2D eigenvalue weighted by atomic mass is 10.1. The van der Waals surface area contributed by atoms with Gasteiger partial charge in [0.2, 0.25) is 0 Å². The first kappa shape index (κ1) is 16.6. The Kier molecular flexibility index (Phi) is 6.55. The minimum absolute atomic E-state index is 0.0204. The zero-order valence-corrected chi connectivity index (χ0v) is 13.1. The number of hydrogen-bond donors (Lipinski definition) is 1. The van der Waals surface area contributed by atoms with E-state index in [0.29, 0.717) is 16.9 Å². The van der Waals surface area contributed by atoms with Crippen molar-refractivity contribution in [1.82, 2.24) is 10.2 Å². The molecule has 1 aromatic rings. The van der Waals surface area contributed by atoms with Crippen LogP contribution in [0.4, 0.5) is 0 Å². The number of piperidine rings is 1. The van der Waals surface area contributed by atoms with Gasteiger partial charge in [-0.25, -0.2) is 0 Å². The first-order chi connectivity index (χ1) is 10.7. The lowest BCUT2D eigenvalue weighted by Gasteiger charge is -2.26. The highest BCUT2D eigenvalue weighted by molar-refractivity contribution is 6.00. The number of Topliss-reactive ketones (excluding diaryl/α,β-unsaturated/α-hetero) is 1. The van der Waals surface area contributed by atoms with Gasteiger partial charge in [-0.1, -0.05) is 12.5 Å². The molecule has 1 heterocycles. The van der Waals surface area contributed by atoms with Crippen LogP contribution in [0.5, 0.6) is 5.75 Å². The average molecular weight is 304 g/mol. The number of carbonyl (C=O) groups is 2. The number of benzene rings is 1. The summed E-state index contributed by atoms with van der Waals surface area (Å²) in [6, 6.07) is 4.88. The average Bonchev–Trinajstić information content (AvgIpc) is 2.58. The molecule has 0 saturated carbocycles. The monoisotopic (exact) mass is 304 g/mol. The molecule has 22 heavy (non-hydrogen) atoms. The van der Waals surface area contributed by atoms with Gasteiger partial charge >= 0.3 is 0 Å². The van der Waals surface area contributed by atoms with E-state index in [2.05, 4.69) is 10.2 Å². The van der Waals surface area contributed by atoms with Crippen LogP contribution in [0.15, 0.2) is 18.2 Å². The number of rotatable bonds is 8. The van der Waals surface area contributed by atoms with Gasteiger partial charge in [-0.2, -0.15) is 0 Å². The van der Waals surface area contributed by atoms with Crippen molar-refractivity contribution in [3.05, 3.63) is 29.3 Å². The third kappa shape index (κ3) is 4.64. The number of carbonyl (C=O) groups excluding carboxylic acids is 2. The maximum Gasteiger partial charge on any atom is 0.180 e. The largest absolute Gasteiger partial charge is 0.496 e. The van der Waals surface area contributed by atoms with Gasteiger partial charge in [0, 0.05) is 18.7 Å². The van der Waals surface area contributed by atoms with Gasteiger partial charge in [0.15, 0.2) is 5.78 Å². The zero-order valence-electron chi connectivity index (χ0n) is 13.1. The molecule has 0 atom stereocenters. The highest BCUT2D eigenvalue weighted by Crippen LogP contribution is 2.19. The summed E-state index contributed by atoms with van der Waals surface area (Å²) < 4.78 is 5.19. The normalized spacial score (nSPS) is 15.5. The molecule has 120 valence electrons. The Bertz CT molecular complexity index is 511. The van der Waals surface area contributed by atoms with Gasteiger partial charge in [0.25, 0.3) is 0 Å². The van der Waals surface area contributed by atoms with Crippen molar-refractivity contribution in [2.75, 3.05) is 39.8 Å². The molecule has 2 rings (SSSR count). The van der Waals surface area contributed by atoms with Crippen molar-refractivity contribution >= 4 is 12.1 Å². The molecule has 5 heteroatoms. The lowest BCUT2D eigenvalue weighted by molar-refractivity contribution is 0.0985. The van der Waals surface area contributed by atoms with Crippen molar-refractivity contribution in [3.8, 4) is 5.75 Å². The molecule has 5 nitrogen and oxygen atoms in total. The summed E-state index contributed by atoms with van der Waals surface area (Å²) in [6.07, 6.45) is 4.63. The Hall–Kier alpha value is -1.72. The van der Waals surface area contributed by atoms with E-state index in [1.54, 1.807) is 18.2 Å². The van der Waals surface area contributed by atoms with Crippen molar-refractivity contribution in [3.63, 3.8) is 0 Å². The van der Waals surface area contributed by atoms with Gasteiger partial charge in [-0.05, 0) is 38.1 Å². The summed E-state index contributed by atoms with van der Waals surface area (Å²) in [6.45, 7) is 4.40. The van der Waals surface area contributed by atoms with Crippen LogP contribution in [0.2, 0.25) is 0 Å². The summed E-state index contributed by atoms with van der Waals surface area (Å²) in [5.41, 5.74) is 1.02. The quantitative estimate of drug-likeness (QED) is 0.450. The smallest absolute Gasteiger partial charge is 0.180 e. The fourth-order valence-corrected chi connectivity index (χ4v) is 2.73. The molecule has 0 spiro atoms. The van der Waals surface area contributed by atoms with Crippen molar-refractivity contribution in [2.45, 2.75) is 19.3 Å². The van der Waals surface area contributed by atoms with Crippen LogP contribution in [0.1, 0.15) is 40.0 Å². The molecule has 1 aliphatic rings. The molecule has 1 aliphatic heterocycles. The van der Waals surface area contributed by atoms with E-state index in [9.17, 15) is 9.59 Å². The Morgan fingerprint density at radius 2 is 2.09 bits per heavy atom. The van der Waals surface area contributed by atoms with Gasteiger partial charge < -0.3 is 15.0 Å². The molecule has 0 radical (unpaired) electrons. The van der Waals surface area contributed by atoms with E-state index in [1.807, 2.05) is 0 Å². The number of likely N-dealkylation sites (tertiary alicyclic amines) is 1. The number of hydrogen-bond acceptors (Lipinski definition) is 5. The maximum atomic E-state index is 12.2. The molecule has 1 aromatic carbocycles. The Labute approximate surface area is 131 Å². The van der Waals surface area contributed by atoms with Crippen LogP contribution in [-0.4, -0.2) is 56.8 Å². The maximum absolute atomic E-state index is 12.2. The van der Waals surface area contributed by atoms with Crippen molar-refractivity contribution < 1.29 is 14.3 Å². The Morgan fingerprint density at radius 1 is 1.32 bits per heavy atom. The third-order valence-electron chi connectivity index (χ3n) is 4.00. The van der Waals surface area contributed by atoms with Crippen LogP contribution >= 0.6 is 0 Å². The molecule has 1 N–H and O–H groups in total. The van der Waals surface area contributed by atoms with Crippen LogP contribution in [0.25, 0.3) is 0 Å². The highest BCUT2D eigenvalue weighted by Gasteiger charge is 2.13. The standard InChI is InChI=1S/C17H24N2O3/c1-22-17-11-14(13-20)5-6-15(17)16(21)12-18-7-10-19-8-3-2-4-9-19/h5-6,11,13,18H,2-4,7-10,12H2,1H3. The fraction of sp³-hybridized carbons (Fsp3) is 0.529. The molecular formula is C17H24N2O3. The van der Waals surface area contributed by atoms with Crippen molar-refractivity contribution in [1.29, 1.82) is 0 Å². The number of nitrogens with zero attached hydrogens (tertiary/aromatic N) is 1. The summed E-state index contributed by atoms with van der Waals surface area (Å²) in [4.78, 5) is 25.4. The van der Waals surface area contributed by atoms with Crippen molar-refractivity contribution in [2.24, 2.45) is 0 Å². The van der Waals surface area contributed by atoms with Crippen LogP contribution < -0.4 is 10.1 Å². The van der Waals surface area contributed by atoms with Gasteiger partial charge in [-0.3, -0.25) is 9.59 Å². The predicted octanol–water partition coefficient (Wildman–Crippen LogP) is 1.77. The first-order valence-corrected chi connectivity index (χ1v) is 7.84. The van der Waals surface area contributed by atoms with E-state index in [-0.39, 0.29) is 12.3 Å². The molecule has 0 aliphatic carbocycles. The van der Waals surface area contributed by atoms with Gasteiger partial charge in [-0.15, -0.1) is 0 Å². The summed E-state index contributed by atoms with van der Waals surface area (Å²) in [7, 11) is 1.50. The van der Waals surface area contributed by atoms with Gasteiger partial charge in [0.05, 0.1) is 19.2 Å². The van der Waals surface area contributed by atoms with Crippen LogP contribution in [0, 0.1) is 0 Å². The number of methoxy groups -OCH3 is 1. The van der Waals surface area contributed by atoms with Crippen LogP contribution in [-0.2, 0) is 0 Å². The first-order valence-electron chi connectivity index (χ1n) is 7.84. The topological polar surface area (TPSA) is 58.6 Å². The molecule has 0 unspecified atom stereocenters. The fourth-order valence-electron chi connectivity index (χ4n) is 2.73. The summed E-state index contributed by atoms with van der Waals surface area (Å²) in [5, 5.41) is 3.19. The van der Waals surface area contributed by atoms with E-state index in [0.717, 1.165) is 32.5 Å². The number of nitrogens with one attached hydrogen (secondary N) is 1. The third-order valence-corrected chi connectivity index (χ3v) is 4.00.